The van der Waals surface area contributed by atoms with Crippen molar-refractivity contribution in [3.63, 3.8) is 0 Å². The van der Waals surface area contributed by atoms with E-state index in [1.165, 1.54) is 0 Å². The predicted molar refractivity (Wildman–Crippen MR) is 72.7 cm³/mol. The second kappa shape index (κ2) is 5.99. The highest BCUT2D eigenvalue weighted by Gasteiger charge is 2.08. The summed E-state index contributed by atoms with van der Waals surface area (Å²) < 4.78 is 0. The van der Waals surface area contributed by atoms with Crippen LogP contribution in [0.15, 0.2) is 24.7 Å². The van der Waals surface area contributed by atoms with Gasteiger partial charge in [0, 0.05) is 36.1 Å². The van der Waals surface area contributed by atoms with Crippen molar-refractivity contribution in [2.75, 3.05) is 12.3 Å². The van der Waals surface area contributed by atoms with Crippen LogP contribution in [0.25, 0.3) is 0 Å². The maximum Gasteiger partial charge on any atom is 0.251 e. The molecule has 2 aromatic rings. The van der Waals surface area contributed by atoms with Crippen molar-refractivity contribution in [1.82, 2.24) is 20.3 Å². The van der Waals surface area contributed by atoms with E-state index in [1.807, 2.05) is 6.92 Å². The molecule has 0 aliphatic heterocycles. The molecule has 2 heterocycles. The van der Waals surface area contributed by atoms with Gasteiger partial charge in [0.05, 0.1) is 6.33 Å². The number of pyridine rings is 1. The van der Waals surface area contributed by atoms with Gasteiger partial charge in [-0.25, -0.2) is 9.97 Å². The second-order valence-corrected chi connectivity index (χ2v) is 4.21. The topological polar surface area (TPSA) is 96.7 Å². The lowest BCUT2D eigenvalue weighted by Crippen LogP contribution is -2.26. The van der Waals surface area contributed by atoms with Crippen LogP contribution in [-0.4, -0.2) is 27.4 Å². The number of nitrogen functional groups attached to an aromatic ring is 1. The number of H-pyrrole nitrogens is 1. The second-order valence-electron chi connectivity index (χ2n) is 4.21. The number of nitrogens with one attached hydrogen (secondary N) is 2. The zero-order valence-corrected chi connectivity index (χ0v) is 10.8. The van der Waals surface area contributed by atoms with Crippen molar-refractivity contribution >= 4 is 11.7 Å². The van der Waals surface area contributed by atoms with E-state index >= 15 is 0 Å². The summed E-state index contributed by atoms with van der Waals surface area (Å²) in [6.07, 6.45) is 4.83. The van der Waals surface area contributed by atoms with Gasteiger partial charge in [-0.15, -0.1) is 0 Å². The lowest BCUT2D eigenvalue weighted by atomic mass is 10.2. The van der Waals surface area contributed by atoms with Crippen LogP contribution in [0.3, 0.4) is 0 Å². The molecule has 0 bridgehead atoms. The molecule has 6 nitrogen and oxygen atoms in total. The number of amides is 1. The average Bonchev–Trinajstić information content (AvgIpc) is 2.91. The number of aromatic amines is 1. The number of nitrogens with zero attached hydrogens (tertiary/aromatic N) is 2. The molecule has 0 saturated carbocycles. The van der Waals surface area contributed by atoms with E-state index in [0.717, 1.165) is 17.8 Å². The molecule has 0 aliphatic carbocycles. The Balaban J connectivity index is 1.94. The lowest BCUT2D eigenvalue weighted by molar-refractivity contribution is 0.0954. The molecule has 0 spiro atoms. The number of nitrogens with two attached hydrogens (primary N) is 1. The highest BCUT2D eigenvalue weighted by Crippen LogP contribution is 2.08. The molecule has 2 rings (SSSR count). The maximum atomic E-state index is 12.0. The van der Waals surface area contributed by atoms with Crippen LogP contribution < -0.4 is 11.1 Å². The minimum atomic E-state index is -0.136. The summed E-state index contributed by atoms with van der Waals surface area (Å²) in [7, 11) is 0. The van der Waals surface area contributed by atoms with Gasteiger partial charge in [0.15, 0.2) is 0 Å². The van der Waals surface area contributed by atoms with Crippen molar-refractivity contribution < 1.29 is 4.79 Å². The Hall–Kier alpha value is -2.37. The molecule has 0 saturated heterocycles. The van der Waals surface area contributed by atoms with Crippen molar-refractivity contribution in [1.29, 1.82) is 0 Å². The minimum Gasteiger partial charge on any atom is -0.384 e. The van der Waals surface area contributed by atoms with E-state index in [-0.39, 0.29) is 5.91 Å². The van der Waals surface area contributed by atoms with Crippen molar-refractivity contribution in [3.05, 3.63) is 41.6 Å². The van der Waals surface area contributed by atoms with Gasteiger partial charge in [0.1, 0.15) is 5.82 Å². The molecule has 0 fully saturated rings. The fourth-order valence-electron chi connectivity index (χ4n) is 1.76. The zero-order valence-electron chi connectivity index (χ0n) is 10.8. The van der Waals surface area contributed by atoms with E-state index in [2.05, 4.69) is 20.3 Å². The Morgan fingerprint density at radius 2 is 2.32 bits per heavy atom. The molecule has 4 N–H and O–H groups in total. The molecule has 1 amide bonds. The molecule has 2 aromatic heterocycles. The Bertz CT molecular complexity index is 550. The molecule has 0 unspecified atom stereocenters. The first-order valence-corrected chi connectivity index (χ1v) is 6.21. The number of anilines is 1. The SMILES string of the molecule is CCc1cc(C(=O)NCCc2cnc[nH]2)cc(N)n1. The fraction of sp³-hybridized carbons (Fsp3) is 0.308. The number of aryl methyl sites for hydroxylation is 1. The molecular formula is C13H17N5O. The Kier molecular flexibility index (Phi) is 4.12. The van der Waals surface area contributed by atoms with Crippen LogP contribution in [0.4, 0.5) is 5.82 Å². The largest absolute Gasteiger partial charge is 0.384 e. The van der Waals surface area contributed by atoms with Crippen LogP contribution in [0, 0.1) is 0 Å². The molecule has 0 atom stereocenters. The zero-order chi connectivity index (χ0) is 13.7. The van der Waals surface area contributed by atoms with E-state index in [4.69, 9.17) is 5.73 Å². The van der Waals surface area contributed by atoms with Gasteiger partial charge in [-0.1, -0.05) is 6.92 Å². The molecule has 19 heavy (non-hydrogen) atoms. The van der Waals surface area contributed by atoms with Gasteiger partial charge in [-0.05, 0) is 18.6 Å². The first-order chi connectivity index (χ1) is 9.19. The fourth-order valence-corrected chi connectivity index (χ4v) is 1.76. The third kappa shape index (κ3) is 3.54. The smallest absolute Gasteiger partial charge is 0.251 e. The van der Waals surface area contributed by atoms with Crippen molar-refractivity contribution in [2.24, 2.45) is 0 Å². The standard InChI is InChI=1S/C13H17N5O/c1-2-10-5-9(6-12(14)18-10)13(19)16-4-3-11-7-15-8-17-11/h5-8H,2-4H2,1H3,(H2,14,18)(H,15,17)(H,16,19). The summed E-state index contributed by atoms with van der Waals surface area (Å²) in [5.74, 6) is 0.237. The first-order valence-electron chi connectivity index (χ1n) is 6.21. The quantitative estimate of drug-likeness (QED) is 0.744. The normalized spacial score (nSPS) is 10.4. The number of carbonyl (C=O) groups excluding carboxylic acids is 1. The number of rotatable bonds is 5. The molecular weight excluding hydrogens is 242 g/mol. The lowest BCUT2D eigenvalue weighted by Gasteiger charge is -2.06. The summed E-state index contributed by atoms with van der Waals surface area (Å²) in [6, 6.07) is 3.35. The van der Waals surface area contributed by atoms with Gasteiger partial charge in [-0.3, -0.25) is 4.79 Å². The van der Waals surface area contributed by atoms with E-state index in [0.29, 0.717) is 24.3 Å². The van der Waals surface area contributed by atoms with Crippen LogP contribution >= 0.6 is 0 Å². The molecule has 0 aromatic carbocycles. The molecule has 6 heteroatoms. The van der Waals surface area contributed by atoms with Crippen LogP contribution in [0.1, 0.15) is 28.7 Å². The summed E-state index contributed by atoms with van der Waals surface area (Å²) in [4.78, 5) is 23.0. The maximum absolute atomic E-state index is 12.0. The van der Waals surface area contributed by atoms with Gasteiger partial charge < -0.3 is 16.0 Å². The van der Waals surface area contributed by atoms with Gasteiger partial charge >= 0.3 is 0 Å². The third-order valence-electron chi connectivity index (χ3n) is 2.76. The van der Waals surface area contributed by atoms with Crippen LogP contribution in [-0.2, 0) is 12.8 Å². The number of carbonyl (C=O) groups is 1. The van der Waals surface area contributed by atoms with Crippen LogP contribution in [0.2, 0.25) is 0 Å². The summed E-state index contributed by atoms with van der Waals surface area (Å²) in [6.45, 7) is 2.52. The highest BCUT2D eigenvalue weighted by molar-refractivity contribution is 5.94. The average molecular weight is 259 g/mol. The molecule has 100 valence electrons. The Morgan fingerprint density at radius 1 is 1.47 bits per heavy atom. The minimum absolute atomic E-state index is 0.136. The molecule has 0 aliphatic rings. The van der Waals surface area contributed by atoms with Crippen molar-refractivity contribution in [3.8, 4) is 0 Å². The monoisotopic (exact) mass is 259 g/mol. The Labute approximate surface area is 111 Å². The van der Waals surface area contributed by atoms with Gasteiger partial charge in [0.2, 0.25) is 0 Å². The van der Waals surface area contributed by atoms with Crippen LogP contribution in [0.5, 0.6) is 0 Å². The number of aromatic nitrogens is 3. The predicted octanol–water partition coefficient (Wildman–Crippen LogP) is 0.922. The number of hydrogen-bond acceptors (Lipinski definition) is 4. The summed E-state index contributed by atoms with van der Waals surface area (Å²) in [5, 5.41) is 2.85. The van der Waals surface area contributed by atoms with E-state index in [1.54, 1.807) is 24.7 Å². The third-order valence-corrected chi connectivity index (χ3v) is 2.76. The van der Waals surface area contributed by atoms with E-state index in [9.17, 15) is 4.79 Å². The first kappa shape index (κ1) is 13.1. The summed E-state index contributed by atoms with van der Waals surface area (Å²) >= 11 is 0. The van der Waals surface area contributed by atoms with Gasteiger partial charge in [0.25, 0.3) is 5.91 Å². The molecule has 0 radical (unpaired) electrons. The highest BCUT2D eigenvalue weighted by atomic mass is 16.1. The number of imidazole rings is 1. The Morgan fingerprint density at radius 3 is 3.00 bits per heavy atom. The van der Waals surface area contributed by atoms with E-state index < -0.39 is 0 Å². The van der Waals surface area contributed by atoms with Crippen molar-refractivity contribution in [2.45, 2.75) is 19.8 Å². The summed E-state index contributed by atoms with van der Waals surface area (Å²) in [5.41, 5.74) is 8.03. The number of hydrogen-bond donors (Lipinski definition) is 3. The van der Waals surface area contributed by atoms with Gasteiger partial charge in [-0.2, -0.15) is 0 Å².